The van der Waals surface area contributed by atoms with Crippen molar-refractivity contribution >= 4 is 11.9 Å². The second-order valence-corrected chi connectivity index (χ2v) is 5.53. The van der Waals surface area contributed by atoms with Gasteiger partial charge < -0.3 is 9.47 Å². The first kappa shape index (κ1) is 15.2. The van der Waals surface area contributed by atoms with Crippen LogP contribution in [0, 0.1) is 6.92 Å². The molecule has 0 N–H and O–H groups in total. The van der Waals surface area contributed by atoms with Crippen molar-refractivity contribution in [1.82, 2.24) is 0 Å². The molecule has 0 atom stereocenters. The minimum absolute atomic E-state index is 0.141. The van der Waals surface area contributed by atoms with E-state index in [1.807, 2.05) is 32.9 Å². The highest BCUT2D eigenvalue weighted by Crippen LogP contribution is 2.35. The quantitative estimate of drug-likeness (QED) is 0.608. The zero-order valence-corrected chi connectivity index (χ0v) is 12.3. The van der Waals surface area contributed by atoms with Crippen molar-refractivity contribution in [2.75, 3.05) is 0 Å². The summed E-state index contributed by atoms with van der Waals surface area (Å²) in [5, 5.41) is 0. The lowest BCUT2D eigenvalue weighted by Crippen LogP contribution is -2.14. The summed E-state index contributed by atoms with van der Waals surface area (Å²) in [6, 6.07) is 3.62. The van der Waals surface area contributed by atoms with Crippen LogP contribution in [0.5, 0.6) is 11.5 Å². The van der Waals surface area contributed by atoms with Crippen LogP contribution in [0.2, 0.25) is 0 Å². The zero-order chi connectivity index (χ0) is 14.8. The average Bonchev–Trinajstić information content (AvgIpc) is 2.20. The Hall–Kier alpha value is -1.84. The van der Waals surface area contributed by atoms with E-state index in [0.717, 1.165) is 5.56 Å². The van der Waals surface area contributed by atoms with Crippen LogP contribution >= 0.6 is 0 Å². The molecule has 1 rings (SSSR count). The van der Waals surface area contributed by atoms with Gasteiger partial charge in [0.1, 0.15) is 11.5 Å². The van der Waals surface area contributed by atoms with Gasteiger partial charge in [0.2, 0.25) is 0 Å². The van der Waals surface area contributed by atoms with Crippen molar-refractivity contribution in [3.63, 3.8) is 0 Å². The van der Waals surface area contributed by atoms with E-state index in [4.69, 9.17) is 9.47 Å². The maximum atomic E-state index is 11.1. The van der Waals surface area contributed by atoms with E-state index >= 15 is 0 Å². The lowest BCUT2D eigenvalue weighted by molar-refractivity contribution is -0.132. The van der Waals surface area contributed by atoms with Gasteiger partial charge in [-0.2, -0.15) is 0 Å². The van der Waals surface area contributed by atoms with Gasteiger partial charge in [0.05, 0.1) is 0 Å². The van der Waals surface area contributed by atoms with E-state index in [1.165, 1.54) is 13.8 Å². The highest BCUT2D eigenvalue weighted by molar-refractivity contribution is 5.73. The van der Waals surface area contributed by atoms with Crippen molar-refractivity contribution in [3.05, 3.63) is 23.3 Å². The number of carbonyl (C=O) groups is 2. The first-order valence-corrected chi connectivity index (χ1v) is 6.13. The van der Waals surface area contributed by atoms with E-state index in [9.17, 15) is 9.59 Å². The van der Waals surface area contributed by atoms with Gasteiger partial charge >= 0.3 is 11.9 Å². The molecule has 4 nitrogen and oxygen atoms in total. The zero-order valence-electron chi connectivity index (χ0n) is 12.3. The normalized spacial score (nSPS) is 11.1. The molecule has 19 heavy (non-hydrogen) atoms. The molecule has 104 valence electrons. The van der Waals surface area contributed by atoms with Gasteiger partial charge in [-0.05, 0) is 30.0 Å². The minimum Gasteiger partial charge on any atom is -0.426 e. The fourth-order valence-electron chi connectivity index (χ4n) is 1.62. The van der Waals surface area contributed by atoms with Crippen molar-refractivity contribution in [2.24, 2.45) is 0 Å². The monoisotopic (exact) mass is 264 g/mol. The fraction of sp³-hybridized carbons (Fsp3) is 0.467. The first-order valence-electron chi connectivity index (χ1n) is 6.13. The Morgan fingerprint density at radius 1 is 0.947 bits per heavy atom. The lowest BCUT2D eigenvalue weighted by atomic mass is 9.86. The fourth-order valence-corrected chi connectivity index (χ4v) is 1.62. The van der Waals surface area contributed by atoms with Crippen LogP contribution in [0.15, 0.2) is 12.1 Å². The van der Waals surface area contributed by atoms with E-state index < -0.39 is 11.9 Å². The molecular formula is C15H20O4. The first-order chi connectivity index (χ1) is 8.61. The number of hydrogen-bond donors (Lipinski definition) is 0. The van der Waals surface area contributed by atoms with E-state index in [1.54, 1.807) is 6.92 Å². The van der Waals surface area contributed by atoms with Gasteiger partial charge in [-0.1, -0.05) is 20.8 Å². The molecule has 0 aromatic heterocycles. The molecule has 0 spiro atoms. The van der Waals surface area contributed by atoms with Crippen molar-refractivity contribution < 1.29 is 19.1 Å². The SMILES string of the molecule is CC(=O)Oc1cc(C(C)(C)C)cc(OC(C)=O)c1C. The van der Waals surface area contributed by atoms with Gasteiger partial charge in [-0.3, -0.25) is 9.59 Å². The molecule has 0 saturated carbocycles. The number of ether oxygens (including phenoxy) is 2. The van der Waals surface area contributed by atoms with Gasteiger partial charge in [0, 0.05) is 19.4 Å². The molecule has 0 unspecified atom stereocenters. The Bertz CT molecular complexity index is 472. The summed E-state index contributed by atoms with van der Waals surface area (Å²) in [6.07, 6.45) is 0. The molecule has 0 saturated heterocycles. The number of rotatable bonds is 2. The summed E-state index contributed by atoms with van der Waals surface area (Å²) in [7, 11) is 0. The molecule has 0 aliphatic heterocycles. The molecule has 0 aliphatic carbocycles. The van der Waals surface area contributed by atoms with Crippen LogP contribution in [-0.4, -0.2) is 11.9 Å². The number of carbonyl (C=O) groups excluding carboxylic acids is 2. The largest absolute Gasteiger partial charge is 0.426 e. The third-order valence-electron chi connectivity index (χ3n) is 2.69. The minimum atomic E-state index is -0.400. The number of hydrogen-bond acceptors (Lipinski definition) is 4. The third kappa shape index (κ3) is 4.09. The number of esters is 2. The molecule has 0 radical (unpaired) electrons. The number of benzene rings is 1. The topological polar surface area (TPSA) is 52.6 Å². The summed E-state index contributed by atoms with van der Waals surface area (Å²) < 4.78 is 10.3. The second kappa shape index (κ2) is 5.43. The second-order valence-electron chi connectivity index (χ2n) is 5.53. The Morgan fingerprint density at radius 3 is 1.58 bits per heavy atom. The maximum Gasteiger partial charge on any atom is 0.308 e. The van der Waals surface area contributed by atoms with Gasteiger partial charge in [-0.15, -0.1) is 0 Å². The highest BCUT2D eigenvalue weighted by atomic mass is 16.5. The van der Waals surface area contributed by atoms with Gasteiger partial charge in [-0.25, -0.2) is 0 Å². The Morgan fingerprint density at radius 2 is 1.32 bits per heavy atom. The summed E-state index contributed by atoms with van der Waals surface area (Å²) in [5.74, 6) is 0.0539. The molecule has 0 heterocycles. The van der Waals surface area contributed by atoms with Crippen LogP contribution in [0.4, 0.5) is 0 Å². The summed E-state index contributed by atoms with van der Waals surface area (Å²) in [6.45, 7) is 10.5. The molecule has 1 aromatic carbocycles. The van der Waals surface area contributed by atoms with Crippen molar-refractivity contribution in [2.45, 2.75) is 47.0 Å². The summed E-state index contributed by atoms with van der Waals surface area (Å²) in [4.78, 5) is 22.3. The molecule has 0 bridgehead atoms. The Labute approximate surface area is 113 Å². The molecular weight excluding hydrogens is 244 g/mol. The Balaban J connectivity index is 3.37. The lowest BCUT2D eigenvalue weighted by Gasteiger charge is -2.22. The smallest absolute Gasteiger partial charge is 0.308 e. The van der Waals surface area contributed by atoms with Gasteiger partial charge in [0.15, 0.2) is 0 Å². The van der Waals surface area contributed by atoms with Crippen LogP contribution < -0.4 is 9.47 Å². The summed E-state index contributed by atoms with van der Waals surface area (Å²) in [5.41, 5.74) is 1.43. The van der Waals surface area contributed by atoms with Crippen LogP contribution in [-0.2, 0) is 15.0 Å². The van der Waals surface area contributed by atoms with Crippen LogP contribution in [0.3, 0.4) is 0 Å². The molecule has 0 fully saturated rings. The predicted molar refractivity (Wildman–Crippen MR) is 72.5 cm³/mol. The predicted octanol–water partition coefficient (Wildman–Crippen LogP) is 3.14. The summed E-state index contributed by atoms with van der Waals surface area (Å²) >= 11 is 0. The van der Waals surface area contributed by atoms with Gasteiger partial charge in [0.25, 0.3) is 0 Å². The van der Waals surface area contributed by atoms with Crippen molar-refractivity contribution in [3.8, 4) is 11.5 Å². The van der Waals surface area contributed by atoms with Crippen molar-refractivity contribution in [1.29, 1.82) is 0 Å². The molecule has 0 amide bonds. The van der Waals surface area contributed by atoms with Crippen LogP contribution in [0.25, 0.3) is 0 Å². The molecule has 0 aliphatic rings. The highest BCUT2D eigenvalue weighted by Gasteiger charge is 2.20. The molecule has 4 heteroatoms. The van der Waals surface area contributed by atoms with Crippen LogP contribution in [0.1, 0.15) is 45.7 Å². The Kier molecular flexibility index (Phi) is 4.35. The third-order valence-corrected chi connectivity index (χ3v) is 2.69. The van der Waals surface area contributed by atoms with E-state index in [0.29, 0.717) is 17.1 Å². The van der Waals surface area contributed by atoms with E-state index in [2.05, 4.69) is 0 Å². The molecule has 1 aromatic rings. The van der Waals surface area contributed by atoms with E-state index in [-0.39, 0.29) is 5.41 Å². The maximum absolute atomic E-state index is 11.1. The average molecular weight is 264 g/mol. The standard InChI is InChI=1S/C15H20O4/c1-9-13(18-10(2)16)7-12(15(4,5)6)8-14(9)19-11(3)17/h7-8H,1-6H3.